The highest BCUT2D eigenvalue weighted by Crippen LogP contribution is 2.33. The number of likely N-dealkylation sites (N-methyl/N-ethyl adjacent to an activating group) is 1. The number of nitrogens with one attached hydrogen (secondary N) is 1. The van der Waals surface area contributed by atoms with E-state index in [1.54, 1.807) is 7.11 Å². The smallest absolute Gasteiger partial charge is 0.228 e. The highest BCUT2D eigenvalue weighted by atomic mass is 79.9. The number of aromatic nitrogens is 3. The van der Waals surface area contributed by atoms with Gasteiger partial charge in [-0.15, -0.1) is 10.2 Å². The minimum atomic E-state index is 0.396. The fourth-order valence-electron chi connectivity index (χ4n) is 3.53. The Morgan fingerprint density at radius 2 is 2.15 bits per heavy atom. The van der Waals surface area contributed by atoms with Gasteiger partial charge in [0.2, 0.25) is 5.95 Å². The molecular weight excluding hydrogens is 394 g/mol. The molecule has 4 rings (SSSR count). The third kappa shape index (κ3) is 3.29. The van der Waals surface area contributed by atoms with E-state index in [0.717, 1.165) is 52.5 Å². The largest absolute Gasteiger partial charge is 0.497 e. The molecule has 1 atom stereocenters. The number of hydrogen-bond donors (Lipinski definition) is 1. The third-order valence-corrected chi connectivity index (χ3v) is 5.51. The molecule has 1 aliphatic heterocycles. The number of anilines is 1. The Morgan fingerprint density at radius 1 is 1.27 bits per heavy atom. The highest BCUT2D eigenvalue weighted by molar-refractivity contribution is 9.10. The van der Waals surface area contributed by atoms with Gasteiger partial charge in [0, 0.05) is 28.8 Å². The Balaban J connectivity index is 1.70. The molecule has 1 aromatic carbocycles. The Bertz CT molecular complexity index is 925. The van der Waals surface area contributed by atoms with Crippen molar-refractivity contribution >= 4 is 27.4 Å². The lowest BCUT2D eigenvalue weighted by atomic mass is 10.1. The van der Waals surface area contributed by atoms with Crippen molar-refractivity contribution in [2.75, 3.05) is 32.6 Å². The zero-order valence-corrected chi connectivity index (χ0v) is 16.5. The van der Waals surface area contributed by atoms with Gasteiger partial charge >= 0.3 is 0 Å². The van der Waals surface area contributed by atoms with Gasteiger partial charge in [0.05, 0.1) is 12.6 Å². The third-order valence-electron chi connectivity index (χ3n) is 4.85. The number of methoxy groups -OCH3 is 1. The lowest BCUT2D eigenvalue weighted by molar-refractivity contribution is 0.260. The number of nitrogens with zero attached hydrogens (tertiary/aromatic N) is 4. The van der Waals surface area contributed by atoms with Crippen molar-refractivity contribution in [1.29, 1.82) is 0 Å². The zero-order chi connectivity index (χ0) is 18.1. The SMILES string of the molecule is COc1ccc(-c2nnc(N[C@@H]3CCCN(C)C3)n3cccc23)c(Br)c1. The van der Waals surface area contributed by atoms with Gasteiger partial charge < -0.3 is 15.0 Å². The van der Waals surface area contributed by atoms with Gasteiger partial charge in [0.25, 0.3) is 0 Å². The summed E-state index contributed by atoms with van der Waals surface area (Å²) in [5.74, 6) is 1.60. The van der Waals surface area contributed by atoms with Gasteiger partial charge in [0.1, 0.15) is 11.4 Å². The van der Waals surface area contributed by atoms with E-state index in [0.29, 0.717) is 6.04 Å². The number of benzene rings is 1. The second kappa shape index (κ2) is 7.25. The molecule has 3 aromatic rings. The standard InChI is InChI=1S/C19H22BrN5O/c1-24-9-3-5-13(12-24)21-19-23-22-18(17-6-4-10-25(17)19)15-8-7-14(26-2)11-16(15)20/h4,6-8,10-11,13H,3,5,9,12H2,1-2H3,(H,21,23)/t13-/m1/s1. The normalized spacial score (nSPS) is 18.2. The number of piperidine rings is 1. The first-order valence-corrected chi connectivity index (χ1v) is 9.58. The fraction of sp³-hybridized carbons (Fsp3) is 0.368. The monoisotopic (exact) mass is 415 g/mol. The van der Waals surface area contributed by atoms with E-state index >= 15 is 0 Å². The summed E-state index contributed by atoms with van der Waals surface area (Å²) in [7, 11) is 3.82. The number of halogens is 1. The Labute approximate surface area is 161 Å². The molecule has 0 saturated carbocycles. The predicted molar refractivity (Wildman–Crippen MR) is 107 cm³/mol. The molecule has 26 heavy (non-hydrogen) atoms. The second-order valence-electron chi connectivity index (χ2n) is 6.73. The quantitative estimate of drug-likeness (QED) is 0.704. The summed E-state index contributed by atoms with van der Waals surface area (Å²) in [4.78, 5) is 2.35. The van der Waals surface area contributed by atoms with Gasteiger partial charge in [0.15, 0.2) is 0 Å². The van der Waals surface area contributed by atoms with Gasteiger partial charge in [-0.05, 0) is 72.7 Å². The van der Waals surface area contributed by atoms with Crippen LogP contribution in [0.2, 0.25) is 0 Å². The van der Waals surface area contributed by atoms with Crippen LogP contribution in [-0.4, -0.2) is 52.8 Å². The Kier molecular flexibility index (Phi) is 4.82. The van der Waals surface area contributed by atoms with E-state index in [4.69, 9.17) is 4.74 Å². The van der Waals surface area contributed by atoms with Crippen molar-refractivity contribution in [3.05, 3.63) is 41.0 Å². The van der Waals surface area contributed by atoms with E-state index in [9.17, 15) is 0 Å². The van der Waals surface area contributed by atoms with Crippen LogP contribution >= 0.6 is 15.9 Å². The van der Waals surface area contributed by atoms with Crippen molar-refractivity contribution in [2.45, 2.75) is 18.9 Å². The van der Waals surface area contributed by atoms with E-state index in [-0.39, 0.29) is 0 Å². The van der Waals surface area contributed by atoms with Crippen LogP contribution in [0.3, 0.4) is 0 Å². The highest BCUT2D eigenvalue weighted by Gasteiger charge is 2.20. The van der Waals surface area contributed by atoms with E-state index in [1.165, 1.54) is 6.42 Å². The molecular formula is C19H22BrN5O. The van der Waals surface area contributed by atoms with Crippen LogP contribution in [0.5, 0.6) is 5.75 Å². The summed E-state index contributed by atoms with van der Waals surface area (Å²) < 4.78 is 8.30. The summed E-state index contributed by atoms with van der Waals surface area (Å²) in [5.41, 5.74) is 2.86. The number of hydrogen-bond acceptors (Lipinski definition) is 5. The predicted octanol–water partition coefficient (Wildman–Crippen LogP) is 3.67. The lowest BCUT2D eigenvalue weighted by Crippen LogP contribution is -2.40. The molecule has 6 nitrogen and oxygen atoms in total. The van der Waals surface area contributed by atoms with Crippen LogP contribution in [0, 0.1) is 0 Å². The van der Waals surface area contributed by atoms with Gasteiger partial charge in [-0.2, -0.15) is 0 Å². The van der Waals surface area contributed by atoms with Crippen LogP contribution in [0.15, 0.2) is 41.0 Å². The maximum atomic E-state index is 5.29. The molecule has 1 saturated heterocycles. The number of fused-ring (bicyclic) bond motifs is 1. The minimum Gasteiger partial charge on any atom is -0.497 e. The second-order valence-corrected chi connectivity index (χ2v) is 7.58. The topological polar surface area (TPSA) is 54.7 Å². The molecule has 0 unspecified atom stereocenters. The first-order chi connectivity index (χ1) is 12.7. The molecule has 0 spiro atoms. The molecule has 0 bridgehead atoms. The van der Waals surface area contributed by atoms with Crippen molar-refractivity contribution < 1.29 is 4.74 Å². The molecule has 7 heteroatoms. The molecule has 3 heterocycles. The van der Waals surface area contributed by atoms with Crippen LogP contribution in [0.4, 0.5) is 5.95 Å². The van der Waals surface area contributed by atoms with Crippen molar-refractivity contribution in [3.63, 3.8) is 0 Å². The fourth-order valence-corrected chi connectivity index (χ4v) is 4.07. The van der Waals surface area contributed by atoms with Crippen LogP contribution < -0.4 is 10.1 Å². The Morgan fingerprint density at radius 3 is 2.92 bits per heavy atom. The summed E-state index contributed by atoms with van der Waals surface area (Å²) in [5, 5.41) is 12.6. The molecule has 1 aliphatic rings. The maximum Gasteiger partial charge on any atom is 0.228 e. The number of ether oxygens (including phenoxy) is 1. The average molecular weight is 416 g/mol. The maximum absolute atomic E-state index is 5.29. The first-order valence-electron chi connectivity index (χ1n) is 8.78. The summed E-state index contributed by atoms with van der Waals surface area (Å²) in [6.45, 7) is 2.18. The molecule has 0 amide bonds. The molecule has 1 fully saturated rings. The first kappa shape index (κ1) is 17.3. The van der Waals surface area contributed by atoms with E-state index < -0.39 is 0 Å². The molecule has 0 aliphatic carbocycles. The molecule has 0 radical (unpaired) electrons. The zero-order valence-electron chi connectivity index (χ0n) is 14.9. The van der Waals surface area contributed by atoms with Crippen molar-refractivity contribution in [3.8, 4) is 17.0 Å². The summed E-state index contributed by atoms with van der Waals surface area (Å²) in [6.07, 6.45) is 4.38. The number of likely N-dealkylation sites (tertiary alicyclic amines) is 1. The van der Waals surface area contributed by atoms with Crippen LogP contribution in [0.25, 0.3) is 16.8 Å². The Hall–Kier alpha value is -2.12. The van der Waals surface area contributed by atoms with Gasteiger partial charge in [-0.1, -0.05) is 0 Å². The van der Waals surface area contributed by atoms with E-state index in [1.807, 2.05) is 30.5 Å². The van der Waals surface area contributed by atoms with Gasteiger partial charge in [-0.3, -0.25) is 4.40 Å². The van der Waals surface area contributed by atoms with Crippen LogP contribution in [-0.2, 0) is 0 Å². The van der Waals surface area contributed by atoms with Crippen LogP contribution in [0.1, 0.15) is 12.8 Å². The summed E-state index contributed by atoms with van der Waals surface area (Å²) >= 11 is 3.63. The van der Waals surface area contributed by atoms with Crippen molar-refractivity contribution in [1.82, 2.24) is 19.5 Å². The summed E-state index contributed by atoms with van der Waals surface area (Å²) in [6, 6.07) is 10.4. The lowest BCUT2D eigenvalue weighted by Gasteiger charge is -2.30. The van der Waals surface area contributed by atoms with Crippen molar-refractivity contribution in [2.24, 2.45) is 0 Å². The molecule has 136 valence electrons. The molecule has 2 aromatic heterocycles. The van der Waals surface area contributed by atoms with Gasteiger partial charge in [-0.25, -0.2) is 0 Å². The number of rotatable bonds is 4. The average Bonchev–Trinajstić information content (AvgIpc) is 3.13. The van der Waals surface area contributed by atoms with E-state index in [2.05, 4.69) is 53.9 Å². The minimum absolute atomic E-state index is 0.396. The molecule has 1 N–H and O–H groups in total.